The Kier molecular flexibility index (Phi) is 3.41. The Balaban J connectivity index is 2.66. The van der Waals surface area contributed by atoms with Gasteiger partial charge in [-0.1, -0.05) is 0 Å². The number of rotatable bonds is 2. The molecule has 0 atom stereocenters. The normalized spacial score (nSPS) is 11.5. The second-order valence-corrected chi connectivity index (χ2v) is 4.06. The minimum absolute atomic E-state index is 0.0433. The van der Waals surface area contributed by atoms with E-state index in [0.29, 0.717) is 12.2 Å². The largest absolute Gasteiger partial charge is 0.442 e. The Bertz CT molecular complexity index is 341. The van der Waals surface area contributed by atoms with Gasteiger partial charge in [-0.3, -0.25) is 0 Å². The van der Waals surface area contributed by atoms with Crippen molar-refractivity contribution < 1.29 is 14.6 Å². The average molecular weight is 213 g/mol. The van der Waals surface area contributed by atoms with E-state index in [1.54, 1.807) is 20.8 Å². The molecule has 0 aliphatic carbocycles. The van der Waals surface area contributed by atoms with Crippen LogP contribution in [-0.2, 0) is 11.2 Å². The molecule has 6 heteroatoms. The lowest BCUT2D eigenvalue weighted by Gasteiger charge is -2.18. The van der Waals surface area contributed by atoms with Crippen molar-refractivity contribution in [1.29, 1.82) is 0 Å². The van der Waals surface area contributed by atoms with Gasteiger partial charge in [0.15, 0.2) is 5.82 Å². The number of aliphatic hydroxyl groups excluding tert-OH is 1. The van der Waals surface area contributed by atoms with Crippen molar-refractivity contribution in [3.05, 3.63) is 12.2 Å². The Morgan fingerprint density at radius 2 is 2.27 bits per heavy atom. The van der Waals surface area contributed by atoms with Crippen LogP contribution in [0.1, 0.15) is 26.6 Å². The minimum atomic E-state index is -0.570. The van der Waals surface area contributed by atoms with Gasteiger partial charge in [0.1, 0.15) is 11.9 Å². The van der Waals surface area contributed by atoms with Crippen LogP contribution in [0.4, 0.5) is 4.79 Å². The average Bonchev–Trinajstić information content (AvgIpc) is 2.50. The van der Waals surface area contributed by atoms with Crippen LogP contribution in [0.3, 0.4) is 0 Å². The van der Waals surface area contributed by atoms with Crippen LogP contribution in [0.15, 0.2) is 6.33 Å². The maximum Gasteiger partial charge on any atom is 0.436 e. The molecule has 84 valence electrons. The first-order chi connectivity index (χ1) is 6.92. The van der Waals surface area contributed by atoms with Gasteiger partial charge < -0.3 is 9.84 Å². The molecule has 6 nitrogen and oxygen atoms in total. The number of carbonyl (C=O) groups excluding carboxylic acids is 1. The second kappa shape index (κ2) is 4.39. The lowest BCUT2D eigenvalue weighted by Crippen LogP contribution is -2.27. The van der Waals surface area contributed by atoms with Gasteiger partial charge in [0, 0.05) is 6.42 Å². The molecule has 0 aliphatic heterocycles. The van der Waals surface area contributed by atoms with Crippen LogP contribution in [0.5, 0.6) is 0 Å². The van der Waals surface area contributed by atoms with E-state index in [1.165, 1.54) is 6.33 Å². The topological polar surface area (TPSA) is 77.2 Å². The number of aromatic nitrogens is 3. The maximum atomic E-state index is 11.5. The van der Waals surface area contributed by atoms with Gasteiger partial charge in [-0.15, -0.1) is 5.10 Å². The summed E-state index contributed by atoms with van der Waals surface area (Å²) in [4.78, 5) is 15.3. The summed E-state index contributed by atoms with van der Waals surface area (Å²) in [6, 6.07) is 0. The molecule has 0 fully saturated rings. The minimum Gasteiger partial charge on any atom is -0.442 e. The Labute approximate surface area is 87.9 Å². The lowest BCUT2D eigenvalue weighted by molar-refractivity contribution is 0.0513. The maximum absolute atomic E-state index is 11.5. The van der Waals surface area contributed by atoms with Gasteiger partial charge in [-0.05, 0) is 20.8 Å². The number of hydrogen-bond donors (Lipinski definition) is 1. The van der Waals surface area contributed by atoms with Crippen LogP contribution in [-0.4, -0.2) is 38.2 Å². The van der Waals surface area contributed by atoms with Crippen LogP contribution in [0, 0.1) is 0 Å². The smallest absolute Gasteiger partial charge is 0.436 e. The van der Waals surface area contributed by atoms with Gasteiger partial charge in [0.25, 0.3) is 0 Å². The Hall–Kier alpha value is -1.43. The summed E-state index contributed by atoms with van der Waals surface area (Å²) in [7, 11) is 0. The summed E-state index contributed by atoms with van der Waals surface area (Å²) in [6.45, 7) is 5.28. The van der Waals surface area contributed by atoms with Crippen molar-refractivity contribution in [2.24, 2.45) is 0 Å². The third-order valence-electron chi connectivity index (χ3n) is 1.46. The highest BCUT2D eigenvalue weighted by Crippen LogP contribution is 2.08. The molecule has 1 aromatic rings. The van der Waals surface area contributed by atoms with E-state index in [4.69, 9.17) is 9.84 Å². The van der Waals surface area contributed by atoms with Crippen LogP contribution >= 0.6 is 0 Å². The van der Waals surface area contributed by atoms with E-state index in [9.17, 15) is 4.79 Å². The van der Waals surface area contributed by atoms with E-state index >= 15 is 0 Å². The molecular weight excluding hydrogens is 198 g/mol. The molecule has 0 spiro atoms. The zero-order chi connectivity index (χ0) is 11.5. The summed E-state index contributed by atoms with van der Waals surface area (Å²) < 4.78 is 6.10. The molecular formula is C9H15N3O3. The molecule has 15 heavy (non-hydrogen) atoms. The molecule has 1 heterocycles. The summed E-state index contributed by atoms with van der Waals surface area (Å²) >= 11 is 0. The number of nitrogens with zero attached hydrogens (tertiary/aromatic N) is 3. The molecule has 0 radical (unpaired) electrons. The lowest BCUT2D eigenvalue weighted by atomic mass is 10.2. The first kappa shape index (κ1) is 11.6. The second-order valence-electron chi connectivity index (χ2n) is 4.06. The molecule has 0 saturated carbocycles. The highest BCUT2D eigenvalue weighted by atomic mass is 16.6. The molecule has 1 aromatic heterocycles. The number of aliphatic hydroxyl groups is 1. The zero-order valence-electron chi connectivity index (χ0n) is 9.10. The van der Waals surface area contributed by atoms with E-state index in [0.717, 1.165) is 4.68 Å². The van der Waals surface area contributed by atoms with Gasteiger partial charge >= 0.3 is 6.09 Å². The van der Waals surface area contributed by atoms with E-state index in [2.05, 4.69) is 10.1 Å². The SMILES string of the molecule is CC(C)(C)OC(=O)n1cnc(CCO)n1. The number of hydrogen-bond acceptors (Lipinski definition) is 5. The first-order valence-corrected chi connectivity index (χ1v) is 4.67. The monoisotopic (exact) mass is 213 g/mol. The molecule has 1 N–H and O–H groups in total. The van der Waals surface area contributed by atoms with Crippen molar-refractivity contribution in [3.8, 4) is 0 Å². The summed E-state index contributed by atoms with van der Waals surface area (Å²) in [5, 5.41) is 12.5. The van der Waals surface area contributed by atoms with Crippen molar-refractivity contribution in [2.45, 2.75) is 32.8 Å². The fourth-order valence-electron chi connectivity index (χ4n) is 0.909. The number of carbonyl (C=O) groups is 1. The predicted molar refractivity (Wildman–Crippen MR) is 52.4 cm³/mol. The molecule has 0 saturated heterocycles. The van der Waals surface area contributed by atoms with Gasteiger partial charge in [-0.2, -0.15) is 4.68 Å². The highest BCUT2D eigenvalue weighted by Gasteiger charge is 2.18. The fourth-order valence-corrected chi connectivity index (χ4v) is 0.909. The Morgan fingerprint density at radius 3 is 2.80 bits per heavy atom. The quantitative estimate of drug-likeness (QED) is 0.778. The molecule has 0 unspecified atom stereocenters. The Morgan fingerprint density at radius 1 is 1.60 bits per heavy atom. The fraction of sp³-hybridized carbons (Fsp3) is 0.667. The van der Waals surface area contributed by atoms with E-state index in [-0.39, 0.29) is 6.61 Å². The molecule has 0 aromatic carbocycles. The van der Waals surface area contributed by atoms with E-state index in [1.807, 2.05) is 0 Å². The third kappa shape index (κ3) is 3.67. The third-order valence-corrected chi connectivity index (χ3v) is 1.46. The van der Waals surface area contributed by atoms with Gasteiger partial charge in [-0.25, -0.2) is 9.78 Å². The van der Waals surface area contributed by atoms with Crippen molar-refractivity contribution in [2.75, 3.05) is 6.61 Å². The standard InChI is InChI=1S/C9H15N3O3/c1-9(2,3)15-8(14)12-6-10-7(11-12)4-5-13/h6,13H,4-5H2,1-3H3. The van der Waals surface area contributed by atoms with Crippen molar-refractivity contribution in [1.82, 2.24) is 14.8 Å². The summed E-state index contributed by atoms with van der Waals surface area (Å²) in [5.74, 6) is 0.420. The zero-order valence-corrected chi connectivity index (χ0v) is 9.10. The predicted octanol–water partition coefficient (Wildman–Crippen LogP) is 0.596. The summed E-state index contributed by atoms with van der Waals surface area (Å²) in [5.41, 5.74) is -0.555. The molecule has 0 amide bonds. The number of ether oxygens (including phenoxy) is 1. The summed E-state index contributed by atoms with van der Waals surface area (Å²) in [6.07, 6.45) is 1.04. The van der Waals surface area contributed by atoms with Gasteiger partial charge in [0.05, 0.1) is 6.61 Å². The first-order valence-electron chi connectivity index (χ1n) is 4.67. The van der Waals surface area contributed by atoms with Crippen LogP contribution in [0.25, 0.3) is 0 Å². The van der Waals surface area contributed by atoms with Crippen molar-refractivity contribution >= 4 is 6.09 Å². The van der Waals surface area contributed by atoms with Gasteiger partial charge in [0.2, 0.25) is 0 Å². The molecule has 1 rings (SSSR count). The van der Waals surface area contributed by atoms with Crippen LogP contribution < -0.4 is 0 Å². The van der Waals surface area contributed by atoms with E-state index < -0.39 is 11.7 Å². The molecule has 0 bridgehead atoms. The molecule has 0 aliphatic rings. The van der Waals surface area contributed by atoms with Crippen LogP contribution in [0.2, 0.25) is 0 Å². The highest BCUT2D eigenvalue weighted by molar-refractivity contribution is 5.69. The van der Waals surface area contributed by atoms with Crippen molar-refractivity contribution in [3.63, 3.8) is 0 Å².